The molecule has 1 atom stereocenters. The number of nitrogens with one attached hydrogen (secondary N) is 1. The number of hydrogen-bond donors (Lipinski definition) is 1. The summed E-state index contributed by atoms with van der Waals surface area (Å²) in [6, 6.07) is 19.7. The molecule has 0 heterocycles. The van der Waals surface area contributed by atoms with Gasteiger partial charge in [-0.25, -0.2) is 0 Å². The Balaban J connectivity index is 2.29. The fraction of sp³-hybridized carbons (Fsp3) is 0.381. The maximum atomic E-state index is 13.0. The third-order valence-electron chi connectivity index (χ3n) is 4.49. The molecule has 1 unspecified atom stereocenters. The van der Waals surface area contributed by atoms with Crippen LogP contribution >= 0.6 is 0 Å². The SMILES string of the molecule is CCC(OC(=O)C(c1ccccc1)c1ccccc1)[NH+](CC)CC. The van der Waals surface area contributed by atoms with E-state index in [1.54, 1.807) is 0 Å². The molecule has 0 bridgehead atoms. The predicted octanol–water partition coefficient (Wildman–Crippen LogP) is 3.02. The van der Waals surface area contributed by atoms with Crippen LogP contribution in [0.2, 0.25) is 0 Å². The van der Waals surface area contributed by atoms with Crippen LogP contribution < -0.4 is 4.90 Å². The molecule has 0 saturated heterocycles. The number of hydrogen-bond acceptors (Lipinski definition) is 2. The van der Waals surface area contributed by atoms with Crippen molar-refractivity contribution >= 4 is 5.97 Å². The van der Waals surface area contributed by atoms with E-state index in [1.165, 1.54) is 4.90 Å². The monoisotopic (exact) mass is 326 g/mol. The molecule has 128 valence electrons. The molecular formula is C21H28NO2+. The summed E-state index contributed by atoms with van der Waals surface area (Å²) in [5.41, 5.74) is 1.94. The molecule has 0 aliphatic carbocycles. The molecule has 0 amide bonds. The molecular weight excluding hydrogens is 298 g/mol. The number of carbonyl (C=O) groups excluding carboxylic acids is 1. The molecule has 24 heavy (non-hydrogen) atoms. The Morgan fingerprint density at radius 3 is 1.71 bits per heavy atom. The third-order valence-corrected chi connectivity index (χ3v) is 4.49. The number of carbonyl (C=O) groups is 1. The normalized spacial score (nSPS) is 12.4. The van der Waals surface area contributed by atoms with Gasteiger partial charge in [0.05, 0.1) is 13.1 Å². The first-order valence-corrected chi connectivity index (χ1v) is 8.86. The quantitative estimate of drug-likeness (QED) is 0.597. The molecule has 3 heteroatoms. The summed E-state index contributed by atoms with van der Waals surface area (Å²) < 4.78 is 5.94. The maximum absolute atomic E-state index is 13.0. The lowest BCUT2D eigenvalue weighted by Crippen LogP contribution is -3.15. The summed E-state index contributed by atoms with van der Waals surface area (Å²) >= 11 is 0. The molecule has 0 radical (unpaired) electrons. The molecule has 1 N–H and O–H groups in total. The van der Waals surface area contributed by atoms with Crippen LogP contribution in [-0.2, 0) is 9.53 Å². The summed E-state index contributed by atoms with van der Waals surface area (Å²) in [7, 11) is 0. The van der Waals surface area contributed by atoms with Crippen molar-refractivity contribution in [3.63, 3.8) is 0 Å². The summed E-state index contributed by atoms with van der Waals surface area (Å²) in [4.78, 5) is 14.3. The molecule has 2 aromatic carbocycles. The van der Waals surface area contributed by atoms with Gasteiger partial charge in [0.25, 0.3) is 0 Å². The molecule has 0 fully saturated rings. The Morgan fingerprint density at radius 1 is 0.875 bits per heavy atom. The summed E-state index contributed by atoms with van der Waals surface area (Å²) in [6.45, 7) is 8.22. The van der Waals surface area contributed by atoms with Gasteiger partial charge < -0.3 is 9.64 Å². The predicted molar refractivity (Wildman–Crippen MR) is 96.9 cm³/mol. The average Bonchev–Trinajstić information content (AvgIpc) is 2.63. The van der Waals surface area contributed by atoms with E-state index in [4.69, 9.17) is 4.74 Å². The van der Waals surface area contributed by atoms with Gasteiger partial charge in [0.1, 0.15) is 5.92 Å². The van der Waals surface area contributed by atoms with E-state index in [1.807, 2.05) is 60.7 Å². The van der Waals surface area contributed by atoms with Crippen LogP contribution in [0.1, 0.15) is 44.2 Å². The van der Waals surface area contributed by atoms with Crippen molar-refractivity contribution in [2.45, 2.75) is 39.3 Å². The van der Waals surface area contributed by atoms with Crippen molar-refractivity contribution in [3.8, 4) is 0 Å². The second kappa shape index (κ2) is 9.24. The van der Waals surface area contributed by atoms with Crippen LogP contribution in [0.3, 0.4) is 0 Å². The van der Waals surface area contributed by atoms with Gasteiger partial charge in [-0.15, -0.1) is 0 Å². The smallest absolute Gasteiger partial charge is 0.322 e. The van der Waals surface area contributed by atoms with Gasteiger partial charge in [-0.2, -0.15) is 0 Å². The number of rotatable bonds is 8. The van der Waals surface area contributed by atoms with Gasteiger partial charge in [0.2, 0.25) is 6.23 Å². The van der Waals surface area contributed by atoms with E-state index in [0.29, 0.717) is 0 Å². The summed E-state index contributed by atoms with van der Waals surface area (Å²) in [5, 5.41) is 0. The zero-order chi connectivity index (χ0) is 17.4. The lowest BCUT2D eigenvalue weighted by Gasteiger charge is -2.27. The highest BCUT2D eigenvalue weighted by Gasteiger charge is 2.29. The van der Waals surface area contributed by atoms with E-state index in [-0.39, 0.29) is 18.1 Å². The highest BCUT2D eigenvalue weighted by atomic mass is 16.6. The minimum atomic E-state index is -0.378. The Kier molecular flexibility index (Phi) is 7.01. The van der Waals surface area contributed by atoms with E-state index in [2.05, 4.69) is 20.8 Å². The van der Waals surface area contributed by atoms with E-state index < -0.39 is 0 Å². The minimum absolute atomic E-state index is 0.0950. The molecule has 0 aliphatic heterocycles. The van der Waals surface area contributed by atoms with Crippen LogP contribution in [0.15, 0.2) is 60.7 Å². The average molecular weight is 326 g/mol. The fourth-order valence-corrected chi connectivity index (χ4v) is 3.12. The zero-order valence-corrected chi connectivity index (χ0v) is 14.9. The fourth-order valence-electron chi connectivity index (χ4n) is 3.12. The zero-order valence-electron chi connectivity index (χ0n) is 14.9. The second-order valence-electron chi connectivity index (χ2n) is 5.95. The topological polar surface area (TPSA) is 30.7 Å². The van der Waals surface area contributed by atoms with Crippen LogP contribution in [0.5, 0.6) is 0 Å². The van der Waals surface area contributed by atoms with Crippen LogP contribution in [0, 0.1) is 0 Å². The molecule has 2 aromatic rings. The molecule has 3 nitrogen and oxygen atoms in total. The van der Waals surface area contributed by atoms with Crippen LogP contribution in [-0.4, -0.2) is 25.3 Å². The van der Waals surface area contributed by atoms with Crippen molar-refractivity contribution in [1.29, 1.82) is 0 Å². The lowest BCUT2D eigenvalue weighted by molar-refractivity contribution is -0.942. The Morgan fingerprint density at radius 2 is 1.33 bits per heavy atom. The van der Waals surface area contributed by atoms with Gasteiger partial charge in [0, 0.05) is 6.42 Å². The van der Waals surface area contributed by atoms with Gasteiger partial charge in [-0.3, -0.25) is 4.79 Å². The Bertz CT molecular complexity index is 569. The largest absolute Gasteiger partial charge is 0.412 e. The van der Waals surface area contributed by atoms with Crippen molar-refractivity contribution in [2.24, 2.45) is 0 Å². The first kappa shape index (κ1) is 18.2. The first-order valence-electron chi connectivity index (χ1n) is 8.86. The number of benzene rings is 2. The third kappa shape index (κ3) is 4.45. The van der Waals surface area contributed by atoms with Crippen molar-refractivity contribution < 1.29 is 14.4 Å². The molecule has 0 aliphatic rings. The van der Waals surface area contributed by atoms with Crippen molar-refractivity contribution in [1.82, 2.24) is 0 Å². The summed E-state index contributed by atoms with van der Waals surface area (Å²) in [5.74, 6) is -0.546. The van der Waals surface area contributed by atoms with Gasteiger partial charge in [-0.1, -0.05) is 67.6 Å². The van der Waals surface area contributed by atoms with Crippen molar-refractivity contribution in [3.05, 3.63) is 71.8 Å². The molecule has 0 aromatic heterocycles. The highest BCUT2D eigenvalue weighted by Crippen LogP contribution is 2.26. The van der Waals surface area contributed by atoms with Crippen LogP contribution in [0.25, 0.3) is 0 Å². The van der Waals surface area contributed by atoms with E-state index in [0.717, 1.165) is 30.6 Å². The minimum Gasteiger partial charge on any atom is -0.412 e. The maximum Gasteiger partial charge on any atom is 0.322 e. The van der Waals surface area contributed by atoms with E-state index in [9.17, 15) is 4.79 Å². The van der Waals surface area contributed by atoms with Gasteiger partial charge in [0.15, 0.2) is 0 Å². The highest BCUT2D eigenvalue weighted by molar-refractivity contribution is 5.82. The Labute approximate surface area is 145 Å². The number of esters is 1. The molecule has 0 spiro atoms. The van der Waals surface area contributed by atoms with E-state index >= 15 is 0 Å². The second-order valence-corrected chi connectivity index (χ2v) is 5.95. The van der Waals surface area contributed by atoms with Gasteiger partial charge >= 0.3 is 5.97 Å². The molecule has 0 saturated carbocycles. The lowest BCUT2D eigenvalue weighted by atomic mass is 9.91. The van der Waals surface area contributed by atoms with Gasteiger partial charge in [-0.05, 0) is 25.0 Å². The number of ether oxygens (including phenoxy) is 1. The standard InChI is InChI=1S/C21H27NO2/c1-4-19(22(5-2)6-3)24-21(23)20(17-13-9-7-10-14-17)18-15-11-8-12-16-18/h7-16,19-20H,4-6H2,1-3H3/p+1. The number of quaternary nitrogens is 1. The van der Waals surface area contributed by atoms with Crippen LogP contribution in [0.4, 0.5) is 0 Å². The summed E-state index contributed by atoms with van der Waals surface area (Å²) in [6.07, 6.45) is 0.724. The first-order chi connectivity index (χ1) is 11.7. The Hall–Kier alpha value is -2.13. The molecule has 2 rings (SSSR count). The van der Waals surface area contributed by atoms with Crippen molar-refractivity contribution in [2.75, 3.05) is 13.1 Å².